The van der Waals surface area contributed by atoms with Gasteiger partial charge in [-0.3, -0.25) is 4.79 Å². The Bertz CT molecular complexity index is 967. The molecular weight excluding hydrogens is 386 g/mol. The summed E-state index contributed by atoms with van der Waals surface area (Å²) >= 11 is 1.74. The first-order valence-corrected chi connectivity index (χ1v) is 10.7. The van der Waals surface area contributed by atoms with E-state index in [9.17, 15) is 4.79 Å². The van der Waals surface area contributed by atoms with E-state index < -0.39 is 0 Å². The summed E-state index contributed by atoms with van der Waals surface area (Å²) in [6, 6.07) is 13.2. The third kappa shape index (κ3) is 5.32. The number of benzene rings is 2. The Hall–Kier alpha value is -2.93. The van der Waals surface area contributed by atoms with Crippen molar-refractivity contribution in [1.29, 1.82) is 0 Å². The molecule has 1 unspecified atom stereocenters. The molecule has 0 saturated heterocycles. The molecule has 7 heteroatoms. The topological polar surface area (TPSA) is 76.2 Å². The maximum absolute atomic E-state index is 12.6. The molecule has 1 heterocycles. The molecule has 2 aromatic carbocycles. The molecule has 0 spiro atoms. The van der Waals surface area contributed by atoms with Crippen LogP contribution in [0, 0.1) is 0 Å². The number of aromatic nitrogens is 2. The maximum atomic E-state index is 12.6. The number of nitrogens with zero attached hydrogens (tertiary/aromatic N) is 1. The van der Waals surface area contributed by atoms with E-state index in [1.807, 2.05) is 42.5 Å². The zero-order valence-electron chi connectivity index (χ0n) is 16.8. The van der Waals surface area contributed by atoms with Crippen molar-refractivity contribution in [2.24, 2.45) is 0 Å². The minimum absolute atomic E-state index is 0.175. The molecule has 1 aromatic heterocycles. The molecule has 3 rings (SSSR count). The summed E-state index contributed by atoms with van der Waals surface area (Å²) in [5.41, 5.74) is 2.71. The number of amides is 1. The Morgan fingerprint density at radius 1 is 1.21 bits per heavy atom. The number of thioether (sulfide) groups is 1. The smallest absolute Gasteiger partial charge is 0.244 e. The normalized spacial score (nSPS) is 12.2. The molecule has 1 amide bonds. The molecule has 152 valence electrons. The maximum Gasteiger partial charge on any atom is 0.244 e. The first-order chi connectivity index (χ1) is 14.1. The summed E-state index contributed by atoms with van der Waals surface area (Å²) in [7, 11) is 3.18. The second-order valence-electron chi connectivity index (χ2n) is 6.43. The third-order valence-corrected chi connectivity index (χ3v) is 5.14. The van der Waals surface area contributed by atoms with E-state index in [0.29, 0.717) is 11.5 Å². The summed E-state index contributed by atoms with van der Waals surface area (Å²) < 4.78 is 10.5. The third-order valence-electron chi connectivity index (χ3n) is 4.50. The van der Waals surface area contributed by atoms with Crippen molar-refractivity contribution in [2.45, 2.75) is 12.5 Å². The summed E-state index contributed by atoms with van der Waals surface area (Å²) in [5.74, 6) is 2.78. The number of carbonyl (C=O) groups is 1. The summed E-state index contributed by atoms with van der Waals surface area (Å²) in [5, 5.41) is 3.06. The molecule has 0 fully saturated rings. The highest BCUT2D eigenvalue weighted by atomic mass is 32.2. The van der Waals surface area contributed by atoms with Crippen molar-refractivity contribution >= 4 is 34.8 Å². The van der Waals surface area contributed by atoms with Gasteiger partial charge in [-0.15, -0.1) is 0 Å². The SMILES string of the molecule is COc1ccc(/C=C/C(=O)NC(CCSC)c2nc3ccccc3[nH]2)cc1OC. The molecule has 0 saturated carbocycles. The van der Waals surface area contributed by atoms with Crippen molar-refractivity contribution in [3.8, 4) is 11.5 Å². The van der Waals surface area contributed by atoms with E-state index in [2.05, 4.69) is 21.5 Å². The van der Waals surface area contributed by atoms with Crippen LogP contribution in [-0.4, -0.2) is 42.1 Å². The van der Waals surface area contributed by atoms with Crippen LogP contribution in [0.3, 0.4) is 0 Å². The first-order valence-electron chi connectivity index (χ1n) is 9.28. The summed E-state index contributed by atoms with van der Waals surface area (Å²) in [4.78, 5) is 20.5. The number of aromatic amines is 1. The van der Waals surface area contributed by atoms with Crippen LogP contribution in [0.15, 0.2) is 48.5 Å². The van der Waals surface area contributed by atoms with E-state index in [4.69, 9.17) is 9.47 Å². The highest BCUT2D eigenvalue weighted by Crippen LogP contribution is 2.28. The Labute approximate surface area is 174 Å². The standard InChI is InChI=1S/C22H25N3O3S/c1-27-19-10-8-15(14-20(19)28-2)9-11-21(26)23-18(12-13-29-3)22-24-16-6-4-5-7-17(16)25-22/h4-11,14,18H,12-13H2,1-3H3,(H,23,26)(H,24,25)/b11-9+. The number of imidazole rings is 1. The van der Waals surface area contributed by atoms with Crippen LogP contribution in [0.25, 0.3) is 17.1 Å². The number of carbonyl (C=O) groups excluding carboxylic acids is 1. The molecular formula is C22H25N3O3S. The second kappa shape index (κ2) is 10.0. The average Bonchev–Trinajstić information content (AvgIpc) is 3.19. The Morgan fingerprint density at radius 2 is 2.00 bits per heavy atom. The Kier molecular flexibility index (Phi) is 7.19. The minimum atomic E-state index is -0.183. The molecule has 3 aromatic rings. The lowest BCUT2D eigenvalue weighted by Crippen LogP contribution is -2.28. The molecule has 29 heavy (non-hydrogen) atoms. The van der Waals surface area contributed by atoms with Gasteiger partial charge in [-0.2, -0.15) is 11.8 Å². The molecule has 0 radical (unpaired) electrons. The van der Waals surface area contributed by atoms with Crippen LogP contribution in [0.4, 0.5) is 0 Å². The number of H-pyrrole nitrogens is 1. The van der Waals surface area contributed by atoms with Gasteiger partial charge in [-0.1, -0.05) is 18.2 Å². The first kappa shape index (κ1) is 20.8. The lowest BCUT2D eigenvalue weighted by atomic mass is 10.1. The van der Waals surface area contributed by atoms with Crippen molar-refractivity contribution in [3.05, 3.63) is 59.9 Å². The Balaban J connectivity index is 1.73. The summed E-state index contributed by atoms with van der Waals surface area (Å²) in [6.45, 7) is 0. The van der Waals surface area contributed by atoms with Gasteiger partial charge in [0.15, 0.2) is 11.5 Å². The highest BCUT2D eigenvalue weighted by molar-refractivity contribution is 7.98. The predicted molar refractivity (Wildman–Crippen MR) is 119 cm³/mol. The number of hydrogen-bond donors (Lipinski definition) is 2. The van der Waals surface area contributed by atoms with E-state index in [1.165, 1.54) is 6.08 Å². The number of para-hydroxylation sites is 2. The number of hydrogen-bond acceptors (Lipinski definition) is 5. The van der Waals surface area contributed by atoms with Gasteiger partial charge in [0, 0.05) is 6.08 Å². The number of fused-ring (bicyclic) bond motifs is 1. The molecule has 0 bridgehead atoms. The van der Waals surface area contributed by atoms with Crippen LogP contribution >= 0.6 is 11.8 Å². The fraction of sp³-hybridized carbons (Fsp3) is 0.273. The largest absolute Gasteiger partial charge is 0.493 e. The van der Waals surface area contributed by atoms with E-state index in [0.717, 1.165) is 34.6 Å². The number of methoxy groups -OCH3 is 2. The zero-order valence-corrected chi connectivity index (χ0v) is 17.6. The van der Waals surface area contributed by atoms with E-state index in [-0.39, 0.29) is 11.9 Å². The summed E-state index contributed by atoms with van der Waals surface area (Å²) in [6.07, 6.45) is 6.11. The molecule has 1 atom stereocenters. The van der Waals surface area contributed by atoms with E-state index in [1.54, 1.807) is 32.1 Å². The van der Waals surface area contributed by atoms with Crippen molar-refractivity contribution in [1.82, 2.24) is 15.3 Å². The second-order valence-corrected chi connectivity index (χ2v) is 7.42. The lowest BCUT2D eigenvalue weighted by Gasteiger charge is -2.15. The molecule has 2 N–H and O–H groups in total. The van der Waals surface area contributed by atoms with E-state index >= 15 is 0 Å². The van der Waals surface area contributed by atoms with Crippen molar-refractivity contribution in [2.75, 3.05) is 26.2 Å². The number of nitrogens with one attached hydrogen (secondary N) is 2. The van der Waals surface area contributed by atoms with Crippen LogP contribution in [0.2, 0.25) is 0 Å². The van der Waals surface area contributed by atoms with Crippen LogP contribution in [0.1, 0.15) is 23.9 Å². The fourth-order valence-electron chi connectivity index (χ4n) is 3.00. The number of rotatable bonds is 9. The highest BCUT2D eigenvalue weighted by Gasteiger charge is 2.17. The monoisotopic (exact) mass is 411 g/mol. The Morgan fingerprint density at radius 3 is 2.72 bits per heavy atom. The molecule has 0 aliphatic heterocycles. The molecule has 6 nitrogen and oxygen atoms in total. The van der Waals surface area contributed by atoms with Gasteiger partial charge < -0.3 is 19.8 Å². The zero-order chi connectivity index (χ0) is 20.6. The molecule has 0 aliphatic rings. The van der Waals surface area contributed by atoms with Gasteiger partial charge in [-0.05, 0) is 54.3 Å². The van der Waals surface area contributed by atoms with Gasteiger partial charge in [0.1, 0.15) is 5.82 Å². The minimum Gasteiger partial charge on any atom is -0.493 e. The van der Waals surface area contributed by atoms with Gasteiger partial charge in [0.05, 0.1) is 31.3 Å². The number of ether oxygens (including phenoxy) is 2. The lowest BCUT2D eigenvalue weighted by molar-refractivity contribution is -0.117. The fourth-order valence-corrected chi connectivity index (χ4v) is 3.47. The van der Waals surface area contributed by atoms with Gasteiger partial charge in [-0.25, -0.2) is 4.98 Å². The van der Waals surface area contributed by atoms with Crippen LogP contribution in [-0.2, 0) is 4.79 Å². The van der Waals surface area contributed by atoms with Crippen LogP contribution < -0.4 is 14.8 Å². The van der Waals surface area contributed by atoms with Crippen LogP contribution in [0.5, 0.6) is 11.5 Å². The van der Waals surface area contributed by atoms with Gasteiger partial charge in [0.2, 0.25) is 5.91 Å². The quantitative estimate of drug-likeness (QED) is 0.516. The van der Waals surface area contributed by atoms with Gasteiger partial charge in [0.25, 0.3) is 0 Å². The van der Waals surface area contributed by atoms with Gasteiger partial charge >= 0.3 is 0 Å². The molecule has 0 aliphatic carbocycles. The predicted octanol–water partition coefficient (Wildman–Crippen LogP) is 4.20. The van der Waals surface area contributed by atoms with Crippen molar-refractivity contribution in [3.63, 3.8) is 0 Å². The average molecular weight is 412 g/mol. The van der Waals surface area contributed by atoms with Crippen molar-refractivity contribution < 1.29 is 14.3 Å².